The first-order valence-electron chi connectivity index (χ1n) is 7.13. The number of carbonyl (C=O) groups excluding carboxylic acids is 1. The van der Waals surface area contributed by atoms with E-state index < -0.39 is 5.82 Å². The Morgan fingerprint density at radius 3 is 2.57 bits per heavy atom. The van der Waals surface area contributed by atoms with Crippen LogP contribution in [0, 0.1) is 12.7 Å². The summed E-state index contributed by atoms with van der Waals surface area (Å²) in [5.74, 6) is -0.718. The lowest BCUT2D eigenvalue weighted by molar-refractivity contribution is 0.0789. The number of amides is 1. The predicted octanol–water partition coefficient (Wildman–Crippen LogP) is 3.84. The molecule has 0 aliphatic rings. The molecule has 0 aromatic heterocycles. The van der Waals surface area contributed by atoms with Gasteiger partial charge in [0.1, 0.15) is 5.82 Å². The van der Waals surface area contributed by atoms with Crippen LogP contribution in [-0.4, -0.2) is 24.4 Å². The van der Waals surface area contributed by atoms with Crippen molar-refractivity contribution in [2.24, 2.45) is 0 Å². The number of hydrogen-bond donors (Lipinski definition) is 0. The van der Waals surface area contributed by atoms with Crippen molar-refractivity contribution in [2.45, 2.75) is 19.8 Å². The highest BCUT2D eigenvalue weighted by molar-refractivity contribution is 5.94. The molecule has 0 saturated carbocycles. The van der Waals surface area contributed by atoms with Crippen LogP contribution >= 0.6 is 0 Å². The Kier molecular flexibility index (Phi) is 5.09. The number of carbonyl (C=O) groups is 1. The molecular formula is C18H20FNO. The van der Waals surface area contributed by atoms with Crippen LogP contribution in [0.15, 0.2) is 48.5 Å². The maximum atomic E-state index is 13.7. The lowest BCUT2D eigenvalue weighted by Gasteiger charge is -2.17. The van der Waals surface area contributed by atoms with Gasteiger partial charge < -0.3 is 4.90 Å². The zero-order chi connectivity index (χ0) is 15.2. The van der Waals surface area contributed by atoms with Crippen molar-refractivity contribution >= 4 is 5.91 Å². The summed E-state index contributed by atoms with van der Waals surface area (Å²) in [4.78, 5) is 13.8. The van der Waals surface area contributed by atoms with Gasteiger partial charge in [0.2, 0.25) is 0 Å². The van der Waals surface area contributed by atoms with Gasteiger partial charge in [-0.3, -0.25) is 4.79 Å². The average Bonchev–Trinajstić information content (AvgIpc) is 2.50. The van der Waals surface area contributed by atoms with Crippen molar-refractivity contribution in [3.8, 4) is 0 Å². The van der Waals surface area contributed by atoms with Gasteiger partial charge in [-0.1, -0.05) is 42.0 Å². The highest BCUT2D eigenvalue weighted by atomic mass is 19.1. The van der Waals surface area contributed by atoms with Crippen molar-refractivity contribution < 1.29 is 9.18 Å². The number of nitrogens with zero attached hydrogens (tertiary/aromatic N) is 1. The third-order valence-electron chi connectivity index (χ3n) is 3.50. The fourth-order valence-corrected chi connectivity index (χ4v) is 2.28. The molecule has 0 aliphatic heterocycles. The van der Waals surface area contributed by atoms with Crippen LogP contribution in [0.25, 0.3) is 0 Å². The zero-order valence-corrected chi connectivity index (χ0v) is 12.5. The Hall–Kier alpha value is -2.16. The molecule has 0 radical (unpaired) electrons. The van der Waals surface area contributed by atoms with E-state index in [2.05, 4.69) is 12.1 Å². The molecular weight excluding hydrogens is 265 g/mol. The molecule has 0 fully saturated rings. The largest absolute Gasteiger partial charge is 0.342 e. The third kappa shape index (κ3) is 4.15. The van der Waals surface area contributed by atoms with E-state index in [4.69, 9.17) is 0 Å². The van der Waals surface area contributed by atoms with Crippen LogP contribution in [0.1, 0.15) is 27.9 Å². The van der Waals surface area contributed by atoms with Gasteiger partial charge in [0.05, 0.1) is 5.56 Å². The highest BCUT2D eigenvalue weighted by Crippen LogP contribution is 2.13. The van der Waals surface area contributed by atoms with E-state index in [0.29, 0.717) is 6.54 Å². The number of benzene rings is 2. The van der Waals surface area contributed by atoms with Crippen LogP contribution in [0.5, 0.6) is 0 Å². The van der Waals surface area contributed by atoms with E-state index in [1.165, 1.54) is 11.6 Å². The number of hydrogen-bond acceptors (Lipinski definition) is 1. The van der Waals surface area contributed by atoms with Gasteiger partial charge in [-0.2, -0.15) is 0 Å². The van der Waals surface area contributed by atoms with Gasteiger partial charge >= 0.3 is 0 Å². The SMILES string of the molecule is Cc1ccc(F)c(C(=O)N(C)CCCc2ccccc2)c1. The minimum Gasteiger partial charge on any atom is -0.342 e. The van der Waals surface area contributed by atoms with Crippen LogP contribution < -0.4 is 0 Å². The molecule has 2 nitrogen and oxygen atoms in total. The summed E-state index contributed by atoms with van der Waals surface area (Å²) in [6.45, 7) is 2.47. The molecule has 0 spiro atoms. The first-order chi connectivity index (χ1) is 10.1. The average molecular weight is 285 g/mol. The monoisotopic (exact) mass is 285 g/mol. The molecule has 0 bridgehead atoms. The lowest BCUT2D eigenvalue weighted by atomic mass is 10.1. The number of halogens is 1. The molecule has 1 amide bonds. The van der Waals surface area contributed by atoms with E-state index in [0.717, 1.165) is 18.4 Å². The Balaban J connectivity index is 1.92. The van der Waals surface area contributed by atoms with E-state index in [1.54, 1.807) is 24.1 Å². The maximum absolute atomic E-state index is 13.7. The van der Waals surface area contributed by atoms with Crippen LogP contribution in [0.4, 0.5) is 4.39 Å². The molecule has 0 unspecified atom stereocenters. The molecule has 0 atom stereocenters. The summed E-state index contributed by atoms with van der Waals surface area (Å²) in [5, 5.41) is 0. The first-order valence-corrected chi connectivity index (χ1v) is 7.13. The van der Waals surface area contributed by atoms with Gasteiger partial charge in [-0.15, -0.1) is 0 Å². The zero-order valence-electron chi connectivity index (χ0n) is 12.5. The molecule has 110 valence electrons. The second-order valence-electron chi connectivity index (χ2n) is 5.30. The van der Waals surface area contributed by atoms with Crippen molar-refractivity contribution in [2.75, 3.05) is 13.6 Å². The normalized spacial score (nSPS) is 10.4. The summed E-state index contributed by atoms with van der Waals surface area (Å²) in [6.07, 6.45) is 1.77. The highest BCUT2D eigenvalue weighted by Gasteiger charge is 2.15. The molecule has 2 aromatic carbocycles. The molecule has 0 N–H and O–H groups in total. The molecule has 21 heavy (non-hydrogen) atoms. The second kappa shape index (κ2) is 7.02. The van der Waals surface area contributed by atoms with E-state index in [1.807, 2.05) is 25.1 Å². The summed E-state index contributed by atoms with van der Waals surface area (Å²) in [5.41, 5.74) is 2.29. The minimum absolute atomic E-state index is 0.150. The fraction of sp³-hybridized carbons (Fsp3) is 0.278. The first kappa shape index (κ1) is 15.2. The third-order valence-corrected chi connectivity index (χ3v) is 3.50. The summed E-state index contributed by atoms with van der Waals surface area (Å²) in [7, 11) is 1.72. The lowest BCUT2D eigenvalue weighted by Crippen LogP contribution is -2.28. The van der Waals surface area contributed by atoms with E-state index >= 15 is 0 Å². The van der Waals surface area contributed by atoms with Gasteiger partial charge in [0.25, 0.3) is 5.91 Å². The van der Waals surface area contributed by atoms with Crippen molar-refractivity contribution in [1.82, 2.24) is 4.90 Å². The van der Waals surface area contributed by atoms with Crippen molar-refractivity contribution in [3.05, 3.63) is 71.0 Å². The molecule has 0 saturated heterocycles. The molecule has 2 aromatic rings. The smallest absolute Gasteiger partial charge is 0.256 e. The van der Waals surface area contributed by atoms with Gasteiger partial charge in [-0.25, -0.2) is 4.39 Å². The molecule has 2 rings (SSSR count). The quantitative estimate of drug-likeness (QED) is 0.817. The Labute approximate surface area is 125 Å². The minimum atomic E-state index is -0.458. The molecule has 0 aliphatic carbocycles. The van der Waals surface area contributed by atoms with Crippen molar-refractivity contribution in [3.63, 3.8) is 0 Å². The van der Waals surface area contributed by atoms with Crippen molar-refractivity contribution in [1.29, 1.82) is 0 Å². The van der Waals surface area contributed by atoms with Gasteiger partial charge in [0, 0.05) is 13.6 Å². The van der Waals surface area contributed by atoms with Gasteiger partial charge in [0.15, 0.2) is 0 Å². The predicted molar refractivity (Wildman–Crippen MR) is 82.9 cm³/mol. The Morgan fingerprint density at radius 1 is 1.14 bits per heavy atom. The van der Waals surface area contributed by atoms with E-state index in [-0.39, 0.29) is 11.5 Å². The second-order valence-corrected chi connectivity index (χ2v) is 5.30. The summed E-state index contributed by atoms with van der Waals surface area (Å²) in [6, 6.07) is 14.8. The number of aryl methyl sites for hydroxylation is 2. The van der Waals surface area contributed by atoms with E-state index in [9.17, 15) is 9.18 Å². The van der Waals surface area contributed by atoms with Crippen LogP contribution in [0.3, 0.4) is 0 Å². The Morgan fingerprint density at radius 2 is 1.86 bits per heavy atom. The number of rotatable bonds is 5. The fourth-order valence-electron chi connectivity index (χ4n) is 2.28. The summed E-state index contributed by atoms with van der Waals surface area (Å²) < 4.78 is 13.7. The standard InChI is InChI=1S/C18H20FNO/c1-14-10-11-17(19)16(13-14)18(21)20(2)12-6-9-15-7-4-3-5-8-15/h3-5,7-8,10-11,13H,6,9,12H2,1-2H3. The molecule has 3 heteroatoms. The van der Waals surface area contributed by atoms with Gasteiger partial charge in [-0.05, 0) is 37.5 Å². The van der Waals surface area contributed by atoms with Crippen LogP contribution in [-0.2, 0) is 6.42 Å². The topological polar surface area (TPSA) is 20.3 Å². The maximum Gasteiger partial charge on any atom is 0.256 e. The Bertz CT molecular complexity index is 610. The summed E-state index contributed by atoms with van der Waals surface area (Å²) >= 11 is 0. The molecule has 0 heterocycles. The van der Waals surface area contributed by atoms with Crippen LogP contribution in [0.2, 0.25) is 0 Å².